The molecule has 2 heterocycles. The number of aliphatic hydroxyl groups is 1. The SMILES string of the molecule is CC(=O)N[C@H](Cc1ccc2ccccc2c1)C(=O)N[C@H](Cc1ccc(Cl)cc1)C(=O)N[C@H](Cc1cccnc1)C(=O)N[C@@H](CO)C(=O)N[C@@H](Cc1ccc(O)cc1)C(=O)N[C@H](CCCNC(N)=O)C(=O)N[C@@H](CC(C)C)C(=O)N[C@@H](CCCNC(=N)N)C(=O)N1CCC[C@H]1C(=O)N[C@H](C)C(N)=O.CCCCNC(=N)NC(=N)N.Cl. The highest BCUT2D eigenvalue weighted by molar-refractivity contribution is 6.30. The summed E-state index contributed by atoms with van der Waals surface area (Å²) in [5.74, 6) is -10.1. The molecule has 5 aromatic rings. The van der Waals surface area contributed by atoms with Crippen LogP contribution in [0.1, 0.15) is 115 Å². The standard InChI is InChI=1S/C70H92ClN17O14.C6H15N5.ClH/c1-39(2)31-52(61(94)82-51(15-9-28-77-69(73)74)68(101)88-30-10-16-58(88)67(100)79-40(3)59(72)92)83-60(93)50(14-8-29-78-70(75)102)81-63(96)54(34-43-20-25-49(91)26-21-43)86-66(99)57(38-89)87-65(98)56(36-45-11-7-27-76-37-45)85-64(97)55(33-42-18-23-48(71)24-19-42)84-62(95)53(80-41(4)90)35-44-17-22-46-12-5-6-13-47(46)32-44;1-2-3-4-10-6(9)11-5(7)8;/h5-7,11-13,17-27,32,37,39-40,50-58,89,91H,8-10,14-16,28-31,33-36,38H2,1-4H3,(H2,72,92)(H,79,100)(H,80,90)(H,81,96)(H,82,94)(H,83,93)(H,84,95)(H,85,97)(H,86,99)(H,87,98)(H4,73,74,77)(H3,75,78,102);2-4H2,1H3,(H6,7,8,9,10,11);1H/t40-,50-,51+,52+,53-,54+,55-,56-,57+,58+;;/m1../s1. The molecule has 10 atom stereocenters. The Morgan fingerprint density at radius 2 is 1.03 bits per heavy atom. The maximum Gasteiger partial charge on any atom is 0.312 e. The van der Waals surface area contributed by atoms with Crippen molar-refractivity contribution >= 4 is 124 Å². The molecule has 0 saturated carbocycles. The molecule has 1 saturated heterocycles. The summed E-state index contributed by atoms with van der Waals surface area (Å²) in [6.07, 6.45) is 4.81. The van der Waals surface area contributed by atoms with Crippen LogP contribution in [0.2, 0.25) is 5.02 Å². The van der Waals surface area contributed by atoms with Crippen molar-refractivity contribution in [3.63, 3.8) is 0 Å². The number of unbranched alkanes of at least 4 members (excludes halogenated alkanes) is 1. The second kappa shape index (κ2) is 48.8. The Bertz CT molecular complexity index is 4090. The second-order valence-electron chi connectivity index (χ2n) is 27.6. The summed E-state index contributed by atoms with van der Waals surface area (Å²) in [5, 5.41) is 78.8. The highest BCUT2D eigenvalue weighted by Crippen LogP contribution is 2.22. The van der Waals surface area contributed by atoms with Crippen LogP contribution in [-0.4, -0.2) is 202 Å². The van der Waals surface area contributed by atoms with Crippen molar-refractivity contribution in [2.45, 2.75) is 179 Å². The van der Waals surface area contributed by atoms with Gasteiger partial charge in [-0.3, -0.25) is 79.3 Å². The van der Waals surface area contributed by atoms with Gasteiger partial charge in [0.15, 0.2) is 17.9 Å². The third-order valence-electron chi connectivity index (χ3n) is 17.8. The number of halogens is 2. The number of carbonyl (C=O) groups is 12. The van der Waals surface area contributed by atoms with E-state index in [9.17, 15) is 67.7 Å². The fraction of sp³-hybridized carbons (Fsp3) is 0.447. The normalized spacial score (nSPS) is 14.5. The number of aliphatic hydroxyl groups excluding tert-OH is 1. The highest BCUT2D eigenvalue weighted by atomic mass is 35.5. The number of likely N-dealkylation sites (tertiary alicyclic amines) is 1. The number of nitrogens with one attached hydrogen (secondary N) is 16. The van der Waals surface area contributed by atoms with Gasteiger partial charge in [0.2, 0.25) is 65.0 Å². The van der Waals surface area contributed by atoms with Crippen LogP contribution in [0, 0.1) is 22.1 Å². The van der Waals surface area contributed by atoms with Gasteiger partial charge < -0.3 is 102 Å². The predicted molar refractivity (Wildman–Crippen MR) is 431 cm³/mol. The molecule has 1 aliphatic rings. The van der Waals surface area contributed by atoms with Gasteiger partial charge in [-0.1, -0.05) is 112 Å². The molecule has 0 aliphatic carbocycles. The average Bonchev–Trinajstić information content (AvgIpc) is 1.53. The van der Waals surface area contributed by atoms with E-state index in [0.29, 0.717) is 33.7 Å². The molecule has 114 heavy (non-hydrogen) atoms. The van der Waals surface area contributed by atoms with E-state index in [4.69, 9.17) is 50.8 Å². The number of amides is 13. The molecule has 26 N–H and O–H groups in total. The molecular formula is C76H108Cl2N22O14. The number of aromatic hydroxyl groups is 1. The molecule has 0 spiro atoms. The van der Waals surface area contributed by atoms with Gasteiger partial charge >= 0.3 is 6.03 Å². The minimum atomic E-state index is -1.85. The first-order valence-corrected chi connectivity index (χ1v) is 37.5. The predicted octanol–water partition coefficient (Wildman–Crippen LogP) is -0.290. The van der Waals surface area contributed by atoms with Gasteiger partial charge in [0.1, 0.15) is 66.2 Å². The van der Waals surface area contributed by atoms with E-state index >= 15 is 0 Å². The lowest BCUT2D eigenvalue weighted by atomic mass is 9.99. The summed E-state index contributed by atoms with van der Waals surface area (Å²) < 4.78 is 0. The number of phenolic OH excluding ortho intramolecular Hbond substituents is 1. The molecule has 36 nitrogen and oxygen atoms in total. The third kappa shape index (κ3) is 33.6. The molecule has 0 bridgehead atoms. The number of aromatic nitrogens is 1. The van der Waals surface area contributed by atoms with Gasteiger partial charge in [0.25, 0.3) is 0 Å². The number of hydrogen-bond donors (Lipinski definition) is 22. The van der Waals surface area contributed by atoms with Gasteiger partial charge in [-0.25, -0.2) is 4.79 Å². The number of guanidine groups is 3. The van der Waals surface area contributed by atoms with Crippen LogP contribution in [0.3, 0.4) is 0 Å². The number of primary amides is 2. The Hall–Kier alpha value is -11.9. The third-order valence-corrected chi connectivity index (χ3v) is 18.1. The molecule has 13 amide bonds. The van der Waals surface area contributed by atoms with Gasteiger partial charge in [-0.2, -0.15) is 0 Å². The van der Waals surface area contributed by atoms with E-state index in [2.05, 4.69) is 81.0 Å². The summed E-state index contributed by atoms with van der Waals surface area (Å²) in [7, 11) is 0. The summed E-state index contributed by atoms with van der Waals surface area (Å²) in [4.78, 5) is 172. The summed E-state index contributed by atoms with van der Waals surface area (Å²) in [6, 6.07) is 13.4. The van der Waals surface area contributed by atoms with Gasteiger partial charge in [0.05, 0.1) is 6.61 Å². The van der Waals surface area contributed by atoms with E-state index in [1.165, 1.54) is 55.4 Å². The minimum absolute atomic E-state index is 0. The largest absolute Gasteiger partial charge is 0.508 e. The molecule has 1 aromatic heterocycles. The molecule has 1 fully saturated rings. The molecule has 0 radical (unpaired) electrons. The second-order valence-corrected chi connectivity index (χ2v) is 28.0. The molecule has 0 unspecified atom stereocenters. The van der Waals surface area contributed by atoms with Crippen molar-refractivity contribution in [2.75, 3.05) is 32.8 Å². The average molecular weight is 1620 g/mol. The number of benzene rings is 4. The van der Waals surface area contributed by atoms with Crippen LogP contribution in [-0.2, 0) is 78.4 Å². The Labute approximate surface area is 672 Å². The number of rotatable bonds is 41. The number of hydrogen-bond acceptors (Lipinski definition) is 18. The first-order valence-electron chi connectivity index (χ1n) is 37.1. The number of carbonyl (C=O) groups excluding carboxylic acids is 12. The van der Waals surface area contributed by atoms with Crippen molar-refractivity contribution in [1.29, 1.82) is 16.2 Å². The molecule has 38 heteroatoms. The monoisotopic (exact) mass is 1620 g/mol. The van der Waals surface area contributed by atoms with Crippen LogP contribution < -0.4 is 92.1 Å². The Morgan fingerprint density at radius 1 is 0.544 bits per heavy atom. The Balaban J connectivity index is 0.00000211. The fourth-order valence-electron chi connectivity index (χ4n) is 12.0. The van der Waals surface area contributed by atoms with E-state index in [0.717, 1.165) is 30.2 Å². The van der Waals surface area contributed by atoms with E-state index in [1.54, 1.807) is 50.2 Å². The van der Waals surface area contributed by atoms with Crippen LogP contribution >= 0.6 is 24.0 Å². The van der Waals surface area contributed by atoms with Crippen molar-refractivity contribution in [3.8, 4) is 5.75 Å². The number of nitrogens with two attached hydrogens (primary N) is 4. The van der Waals surface area contributed by atoms with Crippen LogP contribution in [0.25, 0.3) is 10.8 Å². The van der Waals surface area contributed by atoms with E-state index in [-0.39, 0.29) is 126 Å². The van der Waals surface area contributed by atoms with Crippen molar-refractivity contribution < 1.29 is 67.7 Å². The molecule has 1 aliphatic heterocycles. The maximum atomic E-state index is 14.9. The number of phenols is 1. The van der Waals surface area contributed by atoms with Crippen LogP contribution in [0.4, 0.5) is 4.79 Å². The summed E-state index contributed by atoms with van der Waals surface area (Å²) in [6.45, 7) is 8.02. The molecule has 620 valence electrons. The number of pyridine rings is 1. The summed E-state index contributed by atoms with van der Waals surface area (Å²) in [5.41, 5.74) is 23.2. The number of nitrogens with zero attached hydrogens (tertiary/aromatic N) is 2. The van der Waals surface area contributed by atoms with E-state index in [1.807, 2.05) is 42.5 Å². The molecule has 6 rings (SSSR count). The van der Waals surface area contributed by atoms with Crippen LogP contribution in [0.5, 0.6) is 5.75 Å². The topological polar surface area (TPSA) is 593 Å². The Morgan fingerprint density at radius 3 is 1.56 bits per heavy atom. The van der Waals surface area contributed by atoms with Gasteiger partial charge in [-0.05, 0) is 128 Å². The van der Waals surface area contributed by atoms with Gasteiger partial charge in [0, 0.05) is 76.2 Å². The Kier molecular flexibility index (Phi) is 40.4. The van der Waals surface area contributed by atoms with Crippen molar-refractivity contribution in [1.82, 2.24) is 79.0 Å². The number of urea groups is 1. The molecular weight excluding hydrogens is 1520 g/mol. The lowest BCUT2D eigenvalue weighted by Gasteiger charge is -2.31. The molecule has 4 aromatic carbocycles. The number of fused-ring (bicyclic) bond motifs is 1. The maximum absolute atomic E-state index is 14.9. The zero-order chi connectivity index (χ0) is 83.3. The van der Waals surface area contributed by atoms with Gasteiger partial charge in [-0.15, -0.1) is 12.4 Å². The smallest absolute Gasteiger partial charge is 0.312 e. The lowest BCUT2D eigenvalue weighted by Crippen LogP contribution is -2.61. The first-order chi connectivity index (χ1) is 53.7. The highest BCUT2D eigenvalue weighted by Gasteiger charge is 2.40. The quantitative estimate of drug-likeness (QED) is 0.0136. The fourth-order valence-corrected chi connectivity index (χ4v) is 12.1. The van der Waals surface area contributed by atoms with Crippen molar-refractivity contribution in [2.24, 2.45) is 28.9 Å². The zero-order valence-electron chi connectivity index (χ0n) is 64.3. The zero-order valence-corrected chi connectivity index (χ0v) is 65.9. The summed E-state index contributed by atoms with van der Waals surface area (Å²) >= 11 is 6.23. The van der Waals surface area contributed by atoms with Crippen LogP contribution in [0.15, 0.2) is 116 Å². The lowest BCUT2D eigenvalue weighted by molar-refractivity contribution is -0.142. The first kappa shape index (κ1) is 94.5. The van der Waals surface area contributed by atoms with E-state index < -0.39 is 138 Å². The minimum Gasteiger partial charge on any atom is -0.508 e. The van der Waals surface area contributed by atoms with Crippen molar-refractivity contribution in [3.05, 3.63) is 143 Å².